The molecule has 0 aromatic heterocycles. The molecule has 0 unspecified atom stereocenters. The van der Waals surface area contributed by atoms with E-state index in [1.54, 1.807) is 18.2 Å². The lowest BCUT2D eigenvalue weighted by atomic mass is 10.1. The number of aromatic hydroxyl groups is 1. The molecule has 0 saturated heterocycles. The van der Waals surface area contributed by atoms with Crippen LogP contribution in [0, 0.1) is 6.92 Å². The largest absolute Gasteiger partial charge is 0.505 e. The molecule has 3 aromatic carbocycles. The first-order valence-corrected chi connectivity index (χ1v) is 6.91. The minimum absolute atomic E-state index is 0.142. The van der Waals surface area contributed by atoms with Crippen LogP contribution in [0.15, 0.2) is 64.8 Å². The summed E-state index contributed by atoms with van der Waals surface area (Å²) in [5, 5.41) is 21.0. The van der Waals surface area contributed by atoms with Crippen molar-refractivity contribution < 1.29 is 5.11 Å². The maximum atomic E-state index is 10.3. The van der Waals surface area contributed by atoms with E-state index in [4.69, 9.17) is 11.6 Å². The van der Waals surface area contributed by atoms with Gasteiger partial charge in [0.15, 0.2) is 5.75 Å². The van der Waals surface area contributed by atoms with Gasteiger partial charge in [-0.05, 0) is 42.1 Å². The van der Waals surface area contributed by atoms with Gasteiger partial charge in [-0.2, -0.15) is 5.11 Å². The van der Waals surface area contributed by atoms with E-state index in [0.29, 0.717) is 10.7 Å². The highest BCUT2D eigenvalue weighted by Crippen LogP contribution is 2.35. The van der Waals surface area contributed by atoms with Crippen LogP contribution in [0.1, 0.15) is 5.56 Å². The molecule has 21 heavy (non-hydrogen) atoms. The summed E-state index contributed by atoms with van der Waals surface area (Å²) in [6.07, 6.45) is 0. The minimum Gasteiger partial charge on any atom is -0.505 e. The lowest BCUT2D eigenvalue weighted by Crippen LogP contribution is -1.76. The maximum absolute atomic E-state index is 10.3. The van der Waals surface area contributed by atoms with E-state index >= 15 is 0 Å². The number of hydrogen-bond acceptors (Lipinski definition) is 3. The van der Waals surface area contributed by atoms with Gasteiger partial charge in [-0.1, -0.05) is 41.9 Å². The van der Waals surface area contributed by atoms with Crippen LogP contribution >= 0.6 is 11.6 Å². The Morgan fingerprint density at radius 3 is 2.43 bits per heavy atom. The molecule has 1 N–H and O–H groups in total. The molecule has 0 aliphatic heterocycles. The number of phenolic OH excluding ortho intramolecular Hbond substituents is 1. The Balaban J connectivity index is 2.01. The summed E-state index contributed by atoms with van der Waals surface area (Å²) in [7, 11) is 0. The van der Waals surface area contributed by atoms with Gasteiger partial charge in [0.1, 0.15) is 5.69 Å². The highest BCUT2D eigenvalue weighted by molar-refractivity contribution is 6.30. The van der Waals surface area contributed by atoms with Gasteiger partial charge >= 0.3 is 0 Å². The molecule has 0 aliphatic carbocycles. The lowest BCUT2D eigenvalue weighted by Gasteiger charge is -2.03. The summed E-state index contributed by atoms with van der Waals surface area (Å²) in [5.41, 5.74) is 2.11. The second-order valence-electron chi connectivity index (χ2n) is 4.79. The summed E-state index contributed by atoms with van der Waals surface area (Å²) in [4.78, 5) is 0. The first kappa shape index (κ1) is 13.6. The topological polar surface area (TPSA) is 45.0 Å². The third kappa shape index (κ3) is 2.73. The Hall–Kier alpha value is -2.39. The van der Waals surface area contributed by atoms with Crippen molar-refractivity contribution in [3.8, 4) is 5.75 Å². The van der Waals surface area contributed by atoms with E-state index in [9.17, 15) is 5.11 Å². The summed E-state index contributed by atoms with van der Waals surface area (Å²) in [6, 6.07) is 16.7. The van der Waals surface area contributed by atoms with E-state index in [0.717, 1.165) is 22.0 Å². The van der Waals surface area contributed by atoms with E-state index in [1.165, 1.54) is 0 Å². The normalized spacial score (nSPS) is 11.3. The van der Waals surface area contributed by atoms with Gasteiger partial charge in [0.25, 0.3) is 0 Å². The second kappa shape index (κ2) is 5.54. The predicted molar refractivity (Wildman–Crippen MR) is 86.0 cm³/mol. The number of nitrogens with zero attached hydrogens (tertiary/aromatic N) is 2. The standard InChI is InChI=1S/C17H13ClN2O/c1-11-10-13(18)7-9-15(11)19-20-16-8-6-12-4-2-3-5-14(12)17(16)21/h2-10,21H,1H3. The van der Waals surface area contributed by atoms with Crippen LogP contribution in [0.4, 0.5) is 11.4 Å². The first-order chi connectivity index (χ1) is 10.1. The number of aryl methyl sites for hydroxylation is 1. The van der Waals surface area contributed by atoms with Gasteiger partial charge in [-0.25, -0.2) is 0 Å². The van der Waals surface area contributed by atoms with Crippen molar-refractivity contribution in [2.75, 3.05) is 0 Å². The Labute approximate surface area is 127 Å². The van der Waals surface area contributed by atoms with E-state index in [1.807, 2.05) is 43.3 Å². The van der Waals surface area contributed by atoms with Crippen LogP contribution in [0.25, 0.3) is 10.8 Å². The summed E-state index contributed by atoms with van der Waals surface area (Å²) < 4.78 is 0. The zero-order valence-corrected chi connectivity index (χ0v) is 12.2. The molecule has 0 heterocycles. The van der Waals surface area contributed by atoms with E-state index < -0.39 is 0 Å². The Morgan fingerprint density at radius 1 is 0.905 bits per heavy atom. The van der Waals surface area contributed by atoms with Crippen LogP contribution in [-0.4, -0.2) is 5.11 Å². The summed E-state index contributed by atoms with van der Waals surface area (Å²) >= 11 is 5.91. The van der Waals surface area contributed by atoms with Crippen LogP contribution in [0.5, 0.6) is 5.75 Å². The van der Waals surface area contributed by atoms with E-state index in [-0.39, 0.29) is 5.75 Å². The maximum Gasteiger partial charge on any atom is 0.150 e. The highest BCUT2D eigenvalue weighted by atomic mass is 35.5. The zero-order valence-electron chi connectivity index (χ0n) is 11.4. The summed E-state index contributed by atoms with van der Waals surface area (Å²) in [5.74, 6) is 0.142. The fraction of sp³-hybridized carbons (Fsp3) is 0.0588. The van der Waals surface area contributed by atoms with Gasteiger partial charge in [0, 0.05) is 10.4 Å². The Bertz CT molecular complexity index is 843. The molecule has 3 rings (SSSR count). The van der Waals surface area contributed by atoms with Crippen molar-refractivity contribution in [2.24, 2.45) is 10.2 Å². The monoisotopic (exact) mass is 296 g/mol. The molecule has 0 radical (unpaired) electrons. The molecule has 0 bridgehead atoms. The average molecular weight is 297 g/mol. The fourth-order valence-corrected chi connectivity index (χ4v) is 2.39. The number of halogens is 1. The van der Waals surface area contributed by atoms with Crippen LogP contribution in [0.2, 0.25) is 5.02 Å². The van der Waals surface area contributed by atoms with Crippen molar-refractivity contribution in [3.05, 3.63) is 65.2 Å². The van der Waals surface area contributed by atoms with Crippen molar-refractivity contribution in [1.29, 1.82) is 0 Å². The van der Waals surface area contributed by atoms with Crippen molar-refractivity contribution in [2.45, 2.75) is 6.92 Å². The lowest BCUT2D eigenvalue weighted by molar-refractivity contribution is 0.482. The molecule has 3 nitrogen and oxygen atoms in total. The Kier molecular flexibility index (Phi) is 3.59. The number of phenols is 1. The SMILES string of the molecule is Cc1cc(Cl)ccc1N=Nc1ccc2ccccc2c1O. The molecule has 0 atom stereocenters. The first-order valence-electron chi connectivity index (χ1n) is 6.54. The molecular formula is C17H13ClN2O. The molecule has 0 amide bonds. The van der Waals surface area contributed by atoms with E-state index in [2.05, 4.69) is 10.2 Å². The molecule has 0 aliphatic rings. The van der Waals surface area contributed by atoms with Gasteiger partial charge < -0.3 is 5.11 Å². The summed E-state index contributed by atoms with van der Waals surface area (Å²) in [6.45, 7) is 1.92. The molecule has 104 valence electrons. The zero-order chi connectivity index (χ0) is 14.8. The molecular weight excluding hydrogens is 284 g/mol. The number of benzene rings is 3. The molecule has 0 fully saturated rings. The smallest absolute Gasteiger partial charge is 0.150 e. The quantitative estimate of drug-likeness (QED) is 0.586. The fourth-order valence-electron chi connectivity index (χ4n) is 2.16. The molecule has 0 saturated carbocycles. The number of hydrogen-bond donors (Lipinski definition) is 1. The van der Waals surface area contributed by atoms with Gasteiger partial charge in [-0.15, -0.1) is 5.11 Å². The minimum atomic E-state index is 0.142. The Morgan fingerprint density at radius 2 is 1.62 bits per heavy atom. The highest BCUT2D eigenvalue weighted by Gasteiger charge is 2.05. The second-order valence-corrected chi connectivity index (χ2v) is 5.22. The van der Waals surface area contributed by atoms with Gasteiger partial charge in [-0.3, -0.25) is 0 Å². The number of rotatable bonds is 2. The van der Waals surface area contributed by atoms with Gasteiger partial charge in [0.05, 0.1) is 5.69 Å². The molecule has 0 spiro atoms. The number of fused-ring (bicyclic) bond motifs is 1. The van der Waals surface area contributed by atoms with Crippen molar-refractivity contribution in [3.63, 3.8) is 0 Å². The van der Waals surface area contributed by atoms with Crippen molar-refractivity contribution >= 4 is 33.7 Å². The predicted octanol–water partition coefficient (Wildman–Crippen LogP) is 5.92. The van der Waals surface area contributed by atoms with Crippen molar-refractivity contribution in [1.82, 2.24) is 0 Å². The van der Waals surface area contributed by atoms with Crippen LogP contribution < -0.4 is 0 Å². The molecule has 4 heteroatoms. The number of azo groups is 1. The third-order valence-corrected chi connectivity index (χ3v) is 3.54. The van der Waals surface area contributed by atoms with Crippen LogP contribution in [0.3, 0.4) is 0 Å². The third-order valence-electron chi connectivity index (χ3n) is 3.30. The van der Waals surface area contributed by atoms with Crippen LogP contribution in [-0.2, 0) is 0 Å². The molecule has 3 aromatic rings. The average Bonchev–Trinajstić information content (AvgIpc) is 2.48. The van der Waals surface area contributed by atoms with Gasteiger partial charge in [0.2, 0.25) is 0 Å².